The van der Waals surface area contributed by atoms with Crippen molar-refractivity contribution in [3.63, 3.8) is 0 Å². The summed E-state index contributed by atoms with van der Waals surface area (Å²) >= 11 is 0. The zero-order valence-electron chi connectivity index (χ0n) is 20.0. The number of pyridine rings is 2. The molecule has 6 rings (SSSR count). The lowest BCUT2D eigenvalue weighted by Gasteiger charge is -2.12. The molecule has 0 bridgehead atoms. The molecular weight excluding hydrogens is 487 g/mol. The number of aromatic nitrogens is 7. The molecule has 0 aliphatic heterocycles. The van der Waals surface area contributed by atoms with Gasteiger partial charge in [-0.25, -0.2) is 19.3 Å². The van der Waals surface area contributed by atoms with Gasteiger partial charge in [0.1, 0.15) is 12.1 Å². The lowest BCUT2D eigenvalue weighted by Crippen LogP contribution is -2.08. The fourth-order valence-corrected chi connectivity index (χ4v) is 4.81. The monoisotopic (exact) mass is 510 g/mol. The van der Waals surface area contributed by atoms with Crippen molar-refractivity contribution < 1.29 is 4.39 Å². The van der Waals surface area contributed by atoms with Gasteiger partial charge in [0, 0.05) is 58.8 Å². The molecule has 3 N–H and O–H groups in total. The highest BCUT2D eigenvalue weighted by Gasteiger charge is 2.16. The summed E-state index contributed by atoms with van der Waals surface area (Å²) in [5.74, 6) is 7.76. The van der Waals surface area contributed by atoms with Gasteiger partial charge in [-0.05, 0) is 47.7 Å². The van der Waals surface area contributed by atoms with Gasteiger partial charge in [-0.15, -0.1) is 0 Å². The molecule has 0 amide bonds. The Balaban J connectivity index is 1.44. The van der Waals surface area contributed by atoms with Crippen molar-refractivity contribution in [2.75, 3.05) is 6.26 Å². The van der Waals surface area contributed by atoms with E-state index in [1.165, 1.54) is 18.5 Å². The standard InChI is InChI=1S/C27H23FN8S/c1-37(2,3)33-9-16-4-17(6-20(28)5-16)23-13-29-14-25-21(23)8-24(34-25)26-22-7-18(12-32-27(22)36-35-26)19-10-30-15-31-11-19/h4-8,10-15,33-34H,1-2,9H2,3H3,(H,32,35,36). The highest BCUT2D eigenvalue weighted by Crippen LogP contribution is 2.34. The molecule has 1 aromatic carbocycles. The molecule has 10 heteroatoms. The van der Waals surface area contributed by atoms with Crippen molar-refractivity contribution in [1.29, 1.82) is 0 Å². The lowest BCUT2D eigenvalue weighted by atomic mass is 10.0. The molecule has 0 unspecified atom stereocenters. The van der Waals surface area contributed by atoms with E-state index >= 15 is 0 Å². The lowest BCUT2D eigenvalue weighted by molar-refractivity contribution is 0.625. The maximum atomic E-state index is 14.6. The van der Waals surface area contributed by atoms with Gasteiger partial charge >= 0.3 is 0 Å². The van der Waals surface area contributed by atoms with Crippen LogP contribution in [0.4, 0.5) is 4.39 Å². The van der Waals surface area contributed by atoms with Crippen LogP contribution in [0.15, 0.2) is 67.6 Å². The van der Waals surface area contributed by atoms with E-state index in [0.29, 0.717) is 12.2 Å². The molecule has 0 atom stereocenters. The zero-order chi connectivity index (χ0) is 25.6. The van der Waals surface area contributed by atoms with Gasteiger partial charge in [-0.2, -0.15) is 14.5 Å². The average Bonchev–Trinajstić information content (AvgIpc) is 3.51. The van der Waals surface area contributed by atoms with Crippen LogP contribution in [0.25, 0.3) is 55.6 Å². The van der Waals surface area contributed by atoms with Crippen LogP contribution in [0.5, 0.6) is 0 Å². The molecular formula is C27H23FN8S. The first-order chi connectivity index (χ1) is 17.8. The number of hydrogen-bond acceptors (Lipinski definition) is 6. The molecule has 184 valence electrons. The van der Waals surface area contributed by atoms with E-state index in [4.69, 9.17) is 0 Å². The Hall–Kier alpha value is -4.41. The van der Waals surface area contributed by atoms with E-state index in [0.717, 1.165) is 55.5 Å². The second-order valence-electron chi connectivity index (χ2n) is 9.10. The highest BCUT2D eigenvalue weighted by molar-refractivity contribution is 8.25. The first kappa shape index (κ1) is 23.0. The van der Waals surface area contributed by atoms with Crippen LogP contribution in [-0.4, -0.2) is 53.1 Å². The third kappa shape index (κ3) is 4.59. The summed E-state index contributed by atoms with van der Waals surface area (Å²) in [5.41, 5.74) is 7.17. The predicted molar refractivity (Wildman–Crippen MR) is 150 cm³/mol. The number of nitrogens with one attached hydrogen (secondary N) is 3. The van der Waals surface area contributed by atoms with Crippen molar-refractivity contribution in [3.05, 3.63) is 79.0 Å². The summed E-state index contributed by atoms with van der Waals surface area (Å²) in [6, 6.07) is 9.05. The summed E-state index contributed by atoms with van der Waals surface area (Å²) in [6.45, 7) is 0.479. The molecule has 5 heterocycles. The largest absolute Gasteiger partial charge is 0.352 e. The van der Waals surface area contributed by atoms with Crippen LogP contribution in [-0.2, 0) is 6.54 Å². The van der Waals surface area contributed by atoms with Gasteiger partial charge < -0.3 is 4.98 Å². The van der Waals surface area contributed by atoms with Gasteiger partial charge in [0.2, 0.25) is 0 Å². The topological polar surface area (TPSA) is 108 Å². The Labute approximate surface area is 212 Å². The van der Waals surface area contributed by atoms with Gasteiger partial charge in [0.25, 0.3) is 0 Å². The van der Waals surface area contributed by atoms with Crippen molar-refractivity contribution in [2.45, 2.75) is 6.54 Å². The third-order valence-electron chi connectivity index (χ3n) is 6.01. The van der Waals surface area contributed by atoms with Crippen LogP contribution >= 0.6 is 9.39 Å². The van der Waals surface area contributed by atoms with Crippen molar-refractivity contribution in [3.8, 4) is 33.6 Å². The van der Waals surface area contributed by atoms with E-state index in [2.05, 4.69) is 51.6 Å². The molecule has 0 fully saturated rings. The Morgan fingerprint density at radius 3 is 2.54 bits per heavy atom. The molecule has 5 aromatic heterocycles. The van der Waals surface area contributed by atoms with Gasteiger partial charge in [-0.1, -0.05) is 11.7 Å². The Kier molecular flexibility index (Phi) is 5.54. The van der Waals surface area contributed by atoms with Crippen LogP contribution in [0.2, 0.25) is 0 Å². The van der Waals surface area contributed by atoms with E-state index in [9.17, 15) is 4.39 Å². The summed E-state index contributed by atoms with van der Waals surface area (Å²) in [4.78, 5) is 20.5. The Morgan fingerprint density at radius 2 is 1.73 bits per heavy atom. The van der Waals surface area contributed by atoms with E-state index < -0.39 is 9.39 Å². The molecule has 0 saturated heterocycles. The van der Waals surface area contributed by atoms with Crippen molar-refractivity contribution in [2.24, 2.45) is 0 Å². The highest BCUT2D eigenvalue weighted by atomic mass is 32.2. The van der Waals surface area contributed by atoms with Gasteiger partial charge in [-0.3, -0.25) is 14.8 Å². The van der Waals surface area contributed by atoms with Crippen molar-refractivity contribution in [1.82, 2.24) is 39.8 Å². The number of hydrogen-bond donors (Lipinski definition) is 3. The number of aromatic amines is 2. The molecule has 37 heavy (non-hydrogen) atoms. The smallest absolute Gasteiger partial charge is 0.181 e. The first-order valence-electron chi connectivity index (χ1n) is 11.4. The van der Waals surface area contributed by atoms with Crippen molar-refractivity contribution >= 4 is 43.1 Å². The SMILES string of the molecule is C=S(=C)(C)NCc1cc(F)cc(-c2cncc3[nH]c(-c4[nH]nc5ncc(-c6cncnc6)cc45)cc23)c1. The maximum Gasteiger partial charge on any atom is 0.181 e. The minimum atomic E-state index is -1.42. The minimum Gasteiger partial charge on any atom is -0.352 e. The van der Waals surface area contributed by atoms with Crippen LogP contribution < -0.4 is 4.72 Å². The Bertz CT molecular complexity index is 1870. The zero-order valence-corrected chi connectivity index (χ0v) is 20.8. The molecule has 0 aliphatic rings. The fraction of sp³-hybridized carbons (Fsp3) is 0.0741. The van der Waals surface area contributed by atoms with E-state index in [1.54, 1.807) is 31.0 Å². The van der Waals surface area contributed by atoms with Crippen LogP contribution in [0, 0.1) is 5.82 Å². The molecule has 0 aliphatic carbocycles. The number of benzene rings is 1. The Morgan fingerprint density at radius 1 is 0.892 bits per heavy atom. The molecule has 0 spiro atoms. The minimum absolute atomic E-state index is 0.310. The summed E-state index contributed by atoms with van der Waals surface area (Å²) in [6.07, 6.45) is 12.2. The van der Waals surface area contributed by atoms with Gasteiger partial charge in [0.15, 0.2) is 5.65 Å². The fourth-order valence-electron chi connectivity index (χ4n) is 4.29. The summed E-state index contributed by atoms with van der Waals surface area (Å²) < 4.78 is 17.9. The summed E-state index contributed by atoms with van der Waals surface area (Å²) in [7, 11) is -1.42. The second-order valence-corrected chi connectivity index (χ2v) is 11.9. The molecule has 6 aromatic rings. The number of halogens is 1. The van der Waals surface area contributed by atoms with Crippen LogP contribution in [0.3, 0.4) is 0 Å². The quantitative estimate of drug-likeness (QED) is 0.270. The number of rotatable bonds is 6. The number of nitrogens with zero attached hydrogens (tertiary/aromatic N) is 5. The second kappa shape index (κ2) is 8.91. The molecule has 0 saturated carbocycles. The molecule has 8 nitrogen and oxygen atoms in total. The number of fused-ring (bicyclic) bond motifs is 2. The van der Waals surface area contributed by atoms with Gasteiger partial charge in [0.05, 0.1) is 23.1 Å². The first-order valence-corrected chi connectivity index (χ1v) is 13.8. The van der Waals surface area contributed by atoms with E-state index in [-0.39, 0.29) is 5.82 Å². The normalized spacial score (nSPS) is 11.9. The maximum absolute atomic E-state index is 14.6. The third-order valence-corrected chi connectivity index (χ3v) is 6.85. The van der Waals surface area contributed by atoms with E-state index in [1.807, 2.05) is 24.5 Å². The summed E-state index contributed by atoms with van der Waals surface area (Å²) in [5, 5.41) is 9.26. The predicted octanol–water partition coefficient (Wildman–Crippen LogP) is 5.07. The van der Waals surface area contributed by atoms with Crippen LogP contribution in [0.1, 0.15) is 5.56 Å². The average molecular weight is 511 g/mol. The molecule has 0 radical (unpaired) electrons. The number of H-pyrrole nitrogens is 2.